The van der Waals surface area contributed by atoms with E-state index in [1.54, 1.807) is 36.4 Å². The summed E-state index contributed by atoms with van der Waals surface area (Å²) in [6.45, 7) is 1.89. The Morgan fingerprint density at radius 2 is 1.83 bits per heavy atom. The van der Waals surface area contributed by atoms with Crippen LogP contribution >= 0.6 is 12.2 Å². The van der Waals surface area contributed by atoms with E-state index in [1.165, 1.54) is 12.1 Å². The number of hydrogen-bond donors (Lipinski definition) is 1. The van der Waals surface area contributed by atoms with Crippen LogP contribution in [0.1, 0.15) is 17.0 Å². The summed E-state index contributed by atoms with van der Waals surface area (Å²) in [6, 6.07) is 12.6. The van der Waals surface area contributed by atoms with Gasteiger partial charge in [0.1, 0.15) is 5.82 Å². The van der Waals surface area contributed by atoms with Gasteiger partial charge in [-0.3, -0.25) is 0 Å². The molecule has 3 rings (SSSR count). The first-order valence-corrected chi connectivity index (χ1v) is 9.13. The fourth-order valence-electron chi connectivity index (χ4n) is 3.00. The molecule has 3 atom stereocenters. The first-order valence-electron chi connectivity index (χ1n) is 7.18. The lowest BCUT2D eigenvalue weighted by Crippen LogP contribution is -2.17. The van der Waals surface area contributed by atoms with Gasteiger partial charge in [0.05, 0.1) is 15.1 Å². The SMILES string of the molecule is Cc1ccc(S(=O)(=O)[C@H]2[C@H](C(N)=S)[C@@H]2c2cccc(F)c2)cc1. The summed E-state index contributed by atoms with van der Waals surface area (Å²) in [7, 11) is -3.58. The molecule has 0 bridgehead atoms. The molecule has 0 saturated heterocycles. The van der Waals surface area contributed by atoms with Gasteiger partial charge in [0, 0.05) is 11.8 Å². The smallest absolute Gasteiger partial charge is 0.182 e. The molecule has 120 valence electrons. The third kappa shape index (κ3) is 2.88. The van der Waals surface area contributed by atoms with Crippen molar-refractivity contribution >= 4 is 27.0 Å². The second kappa shape index (κ2) is 5.69. The van der Waals surface area contributed by atoms with E-state index >= 15 is 0 Å². The molecule has 2 aromatic carbocycles. The maximum Gasteiger partial charge on any atom is 0.182 e. The van der Waals surface area contributed by atoms with Gasteiger partial charge >= 0.3 is 0 Å². The van der Waals surface area contributed by atoms with Gasteiger partial charge in [0.2, 0.25) is 0 Å². The van der Waals surface area contributed by atoms with Crippen molar-refractivity contribution in [2.24, 2.45) is 11.7 Å². The van der Waals surface area contributed by atoms with Gasteiger partial charge in [-0.15, -0.1) is 0 Å². The van der Waals surface area contributed by atoms with Crippen LogP contribution in [0.2, 0.25) is 0 Å². The van der Waals surface area contributed by atoms with Crippen LogP contribution in [0.5, 0.6) is 0 Å². The average molecular weight is 349 g/mol. The van der Waals surface area contributed by atoms with Crippen molar-refractivity contribution in [2.45, 2.75) is 23.0 Å². The first kappa shape index (κ1) is 16.1. The normalized spacial score (nSPS) is 23.5. The minimum Gasteiger partial charge on any atom is -0.393 e. The standard InChI is InChI=1S/C17H16FNO2S2/c1-10-5-7-13(8-6-10)23(20,21)16-14(15(16)17(19)22)11-3-2-4-12(18)9-11/h2-9,14-16H,1H3,(H2,19,22)/t14-,15+,16+/m0/s1. The third-order valence-electron chi connectivity index (χ3n) is 4.22. The minimum absolute atomic E-state index is 0.153. The van der Waals surface area contributed by atoms with Crippen molar-refractivity contribution in [1.82, 2.24) is 0 Å². The highest BCUT2D eigenvalue weighted by Gasteiger charge is 2.60. The lowest BCUT2D eigenvalue weighted by atomic mass is 10.1. The largest absolute Gasteiger partial charge is 0.393 e. The highest BCUT2D eigenvalue weighted by Crippen LogP contribution is 2.54. The molecule has 0 aromatic heterocycles. The van der Waals surface area contributed by atoms with E-state index in [1.807, 2.05) is 6.92 Å². The fourth-order valence-corrected chi connectivity index (χ4v) is 5.54. The highest BCUT2D eigenvalue weighted by atomic mass is 32.2. The molecular weight excluding hydrogens is 333 g/mol. The zero-order valence-corrected chi connectivity index (χ0v) is 14.1. The Bertz CT molecular complexity index is 862. The Morgan fingerprint density at radius 1 is 1.17 bits per heavy atom. The Balaban J connectivity index is 2.00. The van der Waals surface area contributed by atoms with Gasteiger partial charge < -0.3 is 5.73 Å². The van der Waals surface area contributed by atoms with E-state index in [4.69, 9.17) is 18.0 Å². The molecule has 2 N–H and O–H groups in total. The Morgan fingerprint density at radius 3 is 2.39 bits per heavy atom. The predicted molar refractivity (Wildman–Crippen MR) is 91.6 cm³/mol. The second-order valence-electron chi connectivity index (χ2n) is 5.83. The lowest BCUT2D eigenvalue weighted by Gasteiger charge is -2.05. The Labute approximate surface area is 140 Å². The van der Waals surface area contributed by atoms with Crippen LogP contribution in [0.3, 0.4) is 0 Å². The third-order valence-corrected chi connectivity index (χ3v) is 6.73. The quantitative estimate of drug-likeness (QED) is 0.862. The van der Waals surface area contributed by atoms with Gasteiger partial charge in [0.15, 0.2) is 9.84 Å². The summed E-state index contributed by atoms with van der Waals surface area (Å²) in [4.78, 5) is 0.396. The molecule has 0 aliphatic heterocycles. The van der Waals surface area contributed by atoms with Crippen molar-refractivity contribution in [3.63, 3.8) is 0 Å². The summed E-state index contributed by atoms with van der Waals surface area (Å²) in [5.41, 5.74) is 7.32. The van der Waals surface area contributed by atoms with Crippen LogP contribution in [0.4, 0.5) is 4.39 Å². The number of halogens is 1. The molecule has 2 aromatic rings. The van der Waals surface area contributed by atoms with E-state index in [2.05, 4.69) is 0 Å². The number of aryl methyl sites for hydroxylation is 1. The molecule has 6 heteroatoms. The second-order valence-corrected chi connectivity index (χ2v) is 8.41. The molecule has 1 aliphatic carbocycles. The summed E-state index contributed by atoms with van der Waals surface area (Å²) in [5.74, 6) is -1.25. The molecular formula is C17H16FNO2S2. The van der Waals surface area contributed by atoms with Crippen LogP contribution in [-0.4, -0.2) is 18.7 Å². The summed E-state index contributed by atoms with van der Waals surface area (Å²) >= 11 is 5.03. The van der Waals surface area contributed by atoms with Crippen molar-refractivity contribution in [1.29, 1.82) is 0 Å². The number of nitrogens with two attached hydrogens (primary N) is 1. The van der Waals surface area contributed by atoms with Crippen LogP contribution in [-0.2, 0) is 9.84 Å². The maximum absolute atomic E-state index is 13.5. The van der Waals surface area contributed by atoms with E-state index in [-0.39, 0.29) is 9.88 Å². The van der Waals surface area contributed by atoms with Crippen molar-refractivity contribution < 1.29 is 12.8 Å². The maximum atomic E-state index is 13.5. The zero-order valence-electron chi connectivity index (χ0n) is 12.4. The van der Waals surface area contributed by atoms with Crippen LogP contribution in [0.15, 0.2) is 53.4 Å². The monoisotopic (exact) mass is 349 g/mol. The van der Waals surface area contributed by atoms with Crippen LogP contribution < -0.4 is 5.73 Å². The van der Waals surface area contributed by atoms with E-state index in [0.717, 1.165) is 5.56 Å². The molecule has 1 fully saturated rings. The predicted octanol–water partition coefficient (Wildman–Crippen LogP) is 2.98. The van der Waals surface area contributed by atoms with E-state index in [9.17, 15) is 12.8 Å². The van der Waals surface area contributed by atoms with Crippen molar-refractivity contribution in [2.75, 3.05) is 0 Å². The summed E-state index contributed by atoms with van der Waals surface area (Å²) in [5, 5.41) is -0.732. The number of hydrogen-bond acceptors (Lipinski definition) is 3. The first-order chi connectivity index (χ1) is 10.8. The van der Waals surface area contributed by atoms with Crippen molar-refractivity contribution in [3.05, 3.63) is 65.5 Å². The molecule has 1 aliphatic rings. The van der Waals surface area contributed by atoms with E-state index in [0.29, 0.717) is 5.56 Å². The minimum atomic E-state index is -3.58. The number of thiocarbonyl (C=S) groups is 1. The molecule has 0 radical (unpaired) electrons. The van der Waals surface area contributed by atoms with Crippen molar-refractivity contribution in [3.8, 4) is 0 Å². The molecule has 0 heterocycles. The summed E-state index contributed by atoms with van der Waals surface area (Å²) in [6.07, 6.45) is 0. The molecule has 3 nitrogen and oxygen atoms in total. The van der Waals surface area contributed by atoms with Gasteiger partial charge in [-0.25, -0.2) is 12.8 Å². The van der Waals surface area contributed by atoms with Gasteiger partial charge in [-0.2, -0.15) is 0 Å². The Hall–Kier alpha value is -1.79. The van der Waals surface area contributed by atoms with Gasteiger partial charge in [-0.1, -0.05) is 42.0 Å². The molecule has 1 saturated carbocycles. The molecule has 0 unspecified atom stereocenters. The van der Waals surface area contributed by atoms with Gasteiger partial charge in [-0.05, 0) is 36.8 Å². The Kier molecular flexibility index (Phi) is 3.98. The number of sulfone groups is 1. The van der Waals surface area contributed by atoms with E-state index < -0.39 is 32.7 Å². The number of benzene rings is 2. The highest BCUT2D eigenvalue weighted by molar-refractivity contribution is 7.92. The summed E-state index contributed by atoms with van der Waals surface area (Å²) < 4.78 is 39.2. The molecule has 0 spiro atoms. The van der Waals surface area contributed by atoms with Crippen LogP contribution in [0.25, 0.3) is 0 Å². The average Bonchev–Trinajstić information content (AvgIpc) is 3.24. The fraction of sp³-hybridized carbons (Fsp3) is 0.235. The zero-order chi connectivity index (χ0) is 16.8. The van der Waals surface area contributed by atoms with Gasteiger partial charge in [0.25, 0.3) is 0 Å². The van der Waals surface area contributed by atoms with Crippen LogP contribution in [0, 0.1) is 18.7 Å². The topological polar surface area (TPSA) is 60.2 Å². The molecule has 23 heavy (non-hydrogen) atoms. The number of rotatable bonds is 4. The molecule has 0 amide bonds. The lowest BCUT2D eigenvalue weighted by molar-refractivity contribution is 0.593.